The summed E-state index contributed by atoms with van der Waals surface area (Å²) in [6.45, 7) is 14.8. The fraction of sp³-hybridized carbons (Fsp3) is 0.610. The second kappa shape index (κ2) is 21.7. The number of hydrogen-bond donors (Lipinski definition) is 4. The molecule has 14 nitrogen and oxygen atoms in total. The van der Waals surface area contributed by atoms with Gasteiger partial charge in [-0.15, -0.1) is 0 Å². The van der Waals surface area contributed by atoms with E-state index in [9.17, 15) is 19.2 Å². The topological polar surface area (TPSA) is 188 Å². The maximum Gasteiger partial charge on any atom is 0.426 e. The maximum absolute atomic E-state index is 14.3. The van der Waals surface area contributed by atoms with E-state index in [4.69, 9.17) is 30.4 Å². The highest BCUT2D eigenvalue weighted by molar-refractivity contribution is 5.85. The molecule has 306 valence electrons. The SMILES string of the molecule is CCCC[C@@H]([C@H]1OC(C)(C)O[C@@H]1[C@H](CCCC)N(NC(=O)OCc1ccccc1)C(=O)[C@@H](N)C(C)C)N(NC(=O)OCc1ccccc1)C(=O)[C@@H](N)C(C)C. The van der Waals surface area contributed by atoms with Crippen molar-refractivity contribution < 1.29 is 38.1 Å². The number of hydrogen-bond acceptors (Lipinski definition) is 10. The minimum absolute atomic E-state index is 0.0262. The molecule has 4 amide bonds. The molecule has 14 heteroatoms. The highest BCUT2D eigenvalue weighted by atomic mass is 16.8. The van der Waals surface area contributed by atoms with Crippen molar-refractivity contribution in [1.82, 2.24) is 20.9 Å². The predicted octanol–water partition coefficient (Wildman–Crippen LogP) is 5.93. The van der Waals surface area contributed by atoms with Gasteiger partial charge in [0.05, 0.1) is 24.2 Å². The van der Waals surface area contributed by atoms with Gasteiger partial charge in [-0.1, -0.05) is 128 Å². The Morgan fingerprint density at radius 2 is 1.02 bits per heavy atom. The molecular formula is C41H64N6O8. The average molecular weight is 769 g/mol. The van der Waals surface area contributed by atoms with Crippen LogP contribution in [0.4, 0.5) is 9.59 Å². The third-order valence-corrected chi connectivity index (χ3v) is 9.62. The standard InChI is InChI=1S/C41H64N6O8/c1-9-11-23-31(46(37(48)33(42)27(3)4)44-39(50)52-25-29-19-15-13-16-20-29)35-36(55-41(7,8)54-35)32(24-12-10-2)47(38(49)34(43)28(5)6)45-40(51)53-26-30-21-17-14-18-22-30/h13-22,27-28,31-36H,9-12,23-26,42-43H2,1-8H3,(H,44,50)(H,45,51)/t31-,32-,33-,34-,35+,36+/m0/s1. The Hall–Kier alpha value is -4.24. The van der Waals surface area contributed by atoms with Gasteiger partial charge in [-0.05, 0) is 49.7 Å². The minimum atomic E-state index is -1.20. The summed E-state index contributed by atoms with van der Waals surface area (Å²) in [5.74, 6) is -2.82. The van der Waals surface area contributed by atoms with Gasteiger partial charge >= 0.3 is 12.2 Å². The van der Waals surface area contributed by atoms with Crippen molar-refractivity contribution in [3.05, 3.63) is 71.8 Å². The van der Waals surface area contributed by atoms with E-state index >= 15 is 0 Å². The van der Waals surface area contributed by atoms with Crippen LogP contribution in [-0.2, 0) is 41.8 Å². The molecule has 1 aliphatic rings. The van der Waals surface area contributed by atoms with Gasteiger partial charge in [0, 0.05) is 0 Å². The molecule has 2 aromatic rings. The number of nitrogens with zero attached hydrogens (tertiary/aromatic N) is 2. The first-order valence-electron chi connectivity index (χ1n) is 19.6. The first-order chi connectivity index (χ1) is 26.1. The summed E-state index contributed by atoms with van der Waals surface area (Å²) in [4.78, 5) is 55.5. The lowest BCUT2D eigenvalue weighted by Gasteiger charge is -2.42. The third-order valence-electron chi connectivity index (χ3n) is 9.62. The highest BCUT2D eigenvalue weighted by Crippen LogP contribution is 2.37. The van der Waals surface area contributed by atoms with E-state index in [-0.39, 0.29) is 25.0 Å². The molecule has 1 saturated heterocycles. The van der Waals surface area contributed by atoms with Crippen molar-refractivity contribution >= 4 is 24.0 Å². The Bertz CT molecular complexity index is 1380. The van der Waals surface area contributed by atoms with Gasteiger partial charge in [-0.2, -0.15) is 0 Å². The number of rotatable bonds is 18. The van der Waals surface area contributed by atoms with E-state index in [1.165, 1.54) is 10.0 Å². The van der Waals surface area contributed by atoms with Crippen LogP contribution in [0.2, 0.25) is 0 Å². The van der Waals surface area contributed by atoms with Gasteiger partial charge in [-0.3, -0.25) is 9.59 Å². The zero-order valence-corrected chi connectivity index (χ0v) is 33.9. The summed E-state index contributed by atoms with van der Waals surface area (Å²) < 4.78 is 24.4. The van der Waals surface area contributed by atoms with Gasteiger partial charge < -0.3 is 30.4 Å². The van der Waals surface area contributed by atoms with Crippen molar-refractivity contribution in [1.29, 1.82) is 0 Å². The molecule has 3 rings (SSSR count). The second-order valence-corrected chi connectivity index (χ2v) is 15.3. The lowest BCUT2D eigenvalue weighted by atomic mass is 9.91. The van der Waals surface area contributed by atoms with Crippen molar-refractivity contribution in [2.24, 2.45) is 23.3 Å². The quantitative estimate of drug-likeness (QED) is 0.132. The number of nitrogens with one attached hydrogen (secondary N) is 2. The van der Waals surface area contributed by atoms with E-state index < -0.39 is 66.2 Å². The Balaban J connectivity index is 2.09. The van der Waals surface area contributed by atoms with Gasteiger partial charge in [-0.25, -0.2) is 30.5 Å². The smallest absolute Gasteiger partial charge is 0.426 e. The Kier molecular flexibility index (Phi) is 17.9. The number of hydrazine groups is 2. The molecule has 0 aliphatic carbocycles. The molecule has 0 spiro atoms. The molecule has 0 unspecified atom stereocenters. The lowest BCUT2D eigenvalue weighted by Crippen LogP contribution is -2.66. The van der Waals surface area contributed by atoms with Crippen molar-refractivity contribution in [3.8, 4) is 0 Å². The third kappa shape index (κ3) is 13.5. The van der Waals surface area contributed by atoms with Crippen molar-refractivity contribution in [2.75, 3.05) is 0 Å². The van der Waals surface area contributed by atoms with Crippen LogP contribution in [0.15, 0.2) is 60.7 Å². The number of ether oxygens (including phenoxy) is 4. The number of nitrogens with two attached hydrogens (primary N) is 2. The number of unbranched alkanes of at least 4 members (excludes halogenated alkanes) is 2. The zero-order valence-electron chi connectivity index (χ0n) is 33.9. The summed E-state index contributed by atoms with van der Waals surface area (Å²) >= 11 is 0. The number of benzene rings is 2. The average Bonchev–Trinajstić information content (AvgIpc) is 3.49. The maximum atomic E-state index is 14.3. The van der Waals surface area contributed by atoms with Crippen LogP contribution in [-0.4, -0.2) is 76.2 Å². The summed E-state index contributed by atoms with van der Waals surface area (Å²) in [6.07, 6.45) is 0.00530. The molecule has 55 heavy (non-hydrogen) atoms. The summed E-state index contributed by atoms with van der Waals surface area (Å²) in [5.41, 5.74) is 19.9. The number of amides is 4. The van der Waals surface area contributed by atoms with Crippen molar-refractivity contribution in [2.45, 2.75) is 149 Å². The van der Waals surface area contributed by atoms with Crippen LogP contribution < -0.4 is 22.3 Å². The number of carbonyl (C=O) groups is 4. The molecule has 6 atom stereocenters. The first kappa shape index (κ1) is 45.2. The van der Waals surface area contributed by atoms with Crippen LogP contribution in [0.3, 0.4) is 0 Å². The molecule has 0 radical (unpaired) electrons. The number of carbonyl (C=O) groups excluding carboxylic acids is 4. The molecule has 6 N–H and O–H groups in total. The molecule has 1 fully saturated rings. The zero-order chi connectivity index (χ0) is 40.7. The largest absolute Gasteiger partial charge is 0.443 e. The van der Waals surface area contributed by atoms with Crippen LogP contribution in [0.5, 0.6) is 0 Å². The van der Waals surface area contributed by atoms with Gasteiger partial charge in [0.25, 0.3) is 11.8 Å². The van der Waals surface area contributed by atoms with E-state index in [2.05, 4.69) is 10.9 Å². The minimum Gasteiger partial charge on any atom is -0.443 e. The Morgan fingerprint density at radius 3 is 1.33 bits per heavy atom. The fourth-order valence-corrected chi connectivity index (χ4v) is 6.32. The Labute approximate surface area is 326 Å². The lowest BCUT2D eigenvalue weighted by molar-refractivity contribution is -0.164. The summed E-state index contributed by atoms with van der Waals surface area (Å²) in [7, 11) is 0. The first-order valence-corrected chi connectivity index (χ1v) is 19.6. The molecule has 0 bridgehead atoms. The molecule has 0 aromatic heterocycles. The second-order valence-electron chi connectivity index (χ2n) is 15.3. The molecule has 1 heterocycles. The molecule has 0 saturated carbocycles. The van der Waals surface area contributed by atoms with E-state index in [1.807, 2.05) is 102 Å². The fourth-order valence-electron chi connectivity index (χ4n) is 6.32. The summed E-state index contributed by atoms with van der Waals surface area (Å²) in [6, 6.07) is 14.7. The van der Waals surface area contributed by atoms with E-state index in [0.29, 0.717) is 25.7 Å². The Morgan fingerprint density at radius 1 is 0.673 bits per heavy atom. The molecule has 1 aliphatic heterocycles. The highest BCUT2D eigenvalue weighted by Gasteiger charge is 2.53. The predicted molar refractivity (Wildman–Crippen MR) is 209 cm³/mol. The van der Waals surface area contributed by atoms with Crippen LogP contribution in [0.1, 0.15) is 105 Å². The van der Waals surface area contributed by atoms with Crippen LogP contribution in [0, 0.1) is 11.8 Å². The van der Waals surface area contributed by atoms with Gasteiger partial charge in [0.1, 0.15) is 25.4 Å². The van der Waals surface area contributed by atoms with Crippen LogP contribution in [0.25, 0.3) is 0 Å². The van der Waals surface area contributed by atoms with Crippen molar-refractivity contribution in [3.63, 3.8) is 0 Å². The van der Waals surface area contributed by atoms with E-state index in [0.717, 1.165) is 24.0 Å². The van der Waals surface area contributed by atoms with Gasteiger partial charge in [0.2, 0.25) is 0 Å². The molecular weight excluding hydrogens is 704 g/mol. The van der Waals surface area contributed by atoms with Crippen LogP contribution >= 0.6 is 0 Å². The molecule has 2 aromatic carbocycles. The summed E-state index contributed by atoms with van der Waals surface area (Å²) in [5, 5.41) is 2.45. The normalized spacial score (nSPS) is 18.5. The van der Waals surface area contributed by atoms with E-state index in [1.54, 1.807) is 13.8 Å². The monoisotopic (exact) mass is 768 g/mol. The van der Waals surface area contributed by atoms with Gasteiger partial charge in [0.15, 0.2) is 5.79 Å².